The van der Waals surface area contributed by atoms with Crippen LogP contribution in [0, 0.1) is 6.92 Å². The Morgan fingerprint density at radius 3 is 2.71 bits per heavy atom. The molecule has 0 bridgehead atoms. The number of amides is 1. The van der Waals surface area contributed by atoms with E-state index in [1.54, 1.807) is 23.3 Å². The monoisotopic (exact) mass is 341 g/mol. The molecule has 3 rings (SSSR count). The molecule has 24 heavy (non-hydrogen) atoms. The fourth-order valence-electron chi connectivity index (χ4n) is 2.55. The smallest absolute Gasteiger partial charge is 0.255 e. The Hall–Kier alpha value is -2.47. The summed E-state index contributed by atoms with van der Waals surface area (Å²) in [5.41, 5.74) is 2.76. The van der Waals surface area contributed by atoms with Crippen molar-refractivity contribution in [2.75, 3.05) is 7.05 Å². The molecule has 0 N–H and O–H groups in total. The first-order chi connectivity index (χ1) is 11.6. The Labute approximate surface area is 144 Å². The second-order valence-corrected chi connectivity index (χ2v) is 6.65. The highest BCUT2D eigenvalue weighted by Crippen LogP contribution is 2.33. The Bertz CT molecular complexity index is 839. The van der Waals surface area contributed by atoms with Gasteiger partial charge in [-0.15, -0.1) is 11.3 Å². The quantitative estimate of drug-likeness (QED) is 0.705. The fraction of sp³-hybridized carbons (Fsp3) is 0.278. The number of hydrogen-bond donors (Lipinski definition) is 0. The van der Waals surface area contributed by atoms with Gasteiger partial charge in [-0.25, -0.2) is 0 Å². The average Bonchev–Trinajstić information content (AvgIpc) is 3.21. The Morgan fingerprint density at radius 2 is 2.04 bits per heavy atom. The van der Waals surface area contributed by atoms with E-state index in [4.69, 9.17) is 4.52 Å². The molecular formula is C18H19N3O2S. The summed E-state index contributed by atoms with van der Waals surface area (Å²) in [6.07, 6.45) is 0.711. The molecule has 5 nitrogen and oxygen atoms in total. The Kier molecular flexibility index (Phi) is 4.76. The third-order valence-electron chi connectivity index (χ3n) is 3.81. The third kappa shape index (κ3) is 3.23. The minimum atomic E-state index is -0.0468. The van der Waals surface area contributed by atoms with Crippen molar-refractivity contribution in [2.24, 2.45) is 0 Å². The van der Waals surface area contributed by atoms with E-state index in [2.05, 4.69) is 10.1 Å². The summed E-state index contributed by atoms with van der Waals surface area (Å²) in [7, 11) is 1.75. The van der Waals surface area contributed by atoms with Gasteiger partial charge in [0, 0.05) is 29.3 Å². The van der Waals surface area contributed by atoms with Crippen LogP contribution in [0.5, 0.6) is 0 Å². The van der Waals surface area contributed by atoms with Crippen LogP contribution in [0.4, 0.5) is 0 Å². The largest absolute Gasteiger partial charge is 0.337 e. The van der Waals surface area contributed by atoms with Gasteiger partial charge in [0.1, 0.15) is 0 Å². The van der Waals surface area contributed by atoms with Gasteiger partial charge in [-0.3, -0.25) is 4.79 Å². The average molecular weight is 341 g/mol. The minimum Gasteiger partial charge on any atom is -0.337 e. The molecule has 0 spiro atoms. The Morgan fingerprint density at radius 1 is 1.29 bits per heavy atom. The summed E-state index contributed by atoms with van der Waals surface area (Å²) < 4.78 is 5.18. The van der Waals surface area contributed by atoms with E-state index in [0.29, 0.717) is 30.2 Å². The van der Waals surface area contributed by atoms with Crippen LogP contribution in [0.3, 0.4) is 0 Å². The maximum Gasteiger partial charge on any atom is 0.255 e. The van der Waals surface area contributed by atoms with Crippen LogP contribution in [0.25, 0.3) is 11.1 Å². The zero-order valence-electron chi connectivity index (χ0n) is 13.9. The number of aryl methyl sites for hydroxylation is 2. The first-order valence-electron chi connectivity index (χ1n) is 7.80. The normalized spacial score (nSPS) is 10.8. The Balaban J connectivity index is 1.85. The van der Waals surface area contributed by atoms with Crippen LogP contribution in [-0.2, 0) is 13.0 Å². The molecule has 1 aromatic carbocycles. The molecule has 0 aliphatic heterocycles. The third-order valence-corrected chi connectivity index (χ3v) is 4.72. The predicted molar refractivity (Wildman–Crippen MR) is 94.0 cm³/mol. The van der Waals surface area contributed by atoms with Crippen LogP contribution in [0.1, 0.15) is 33.9 Å². The number of carbonyl (C=O) groups excluding carboxylic acids is 1. The van der Waals surface area contributed by atoms with Gasteiger partial charge in [0.05, 0.1) is 12.1 Å². The highest BCUT2D eigenvalue weighted by molar-refractivity contribution is 7.10. The molecule has 0 aliphatic carbocycles. The fourth-order valence-corrected chi connectivity index (χ4v) is 3.41. The molecule has 1 amide bonds. The number of hydrogen-bond acceptors (Lipinski definition) is 5. The molecule has 2 heterocycles. The molecule has 124 valence electrons. The molecule has 6 heteroatoms. The molecule has 3 aromatic rings. The summed E-state index contributed by atoms with van der Waals surface area (Å²) in [5.74, 6) is 1.06. The topological polar surface area (TPSA) is 59.2 Å². The van der Waals surface area contributed by atoms with Crippen molar-refractivity contribution in [2.45, 2.75) is 26.8 Å². The van der Waals surface area contributed by atoms with E-state index >= 15 is 0 Å². The minimum absolute atomic E-state index is 0.0468. The van der Waals surface area contributed by atoms with Gasteiger partial charge < -0.3 is 9.42 Å². The maximum absolute atomic E-state index is 12.9. The predicted octanol–water partition coefficient (Wildman–Crippen LogP) is 3.94. The van der Waals surface area contributed by atoms with E-state index in [1.807, 2.05) is 49.6 Å². The lowest BCUT2D eigenvalue weighted by Crippen LogP contribution is -2.26. The molecule has 0 radical (unpaired) electrons. The van der Waals surface area contributed by atoms with Crippen LogP contribution < -0.4 is 0 Å². The number of benzene rings is 1. The van der Waals surface area contributed by atoms with Crippen molar-refractivity contribution in [1.29, 1.82) is 0 Å². The van der Waals surface area contributed by atoms with Crippen LogP contribution >= 0.6 is 11.3 Å². The maximum atomic E-state index is 12.9. The van der Waals surface area contributed by atoms with Crippen molar-refractivity contribution < 1.29 is 9.32 Å². The van der Waals surface area contributed by atoms with Gasteiger partial charge in [-0.1, -0.05) is 42.4 Å². The number of carbonyl (C=O) groups is 1. The summed E-state index contributed by atoms with van der Waals surface area (Å²) in [4.78, 5) is 19.9. The molecule has 0 saturated heterocycles. The highest BCUT2D eigenvalue weighted by atomic mass is 32.1. The lowest BCUT2D eigenvalue weighted by molar-refractivity contribution is 0.0771. The van der Waals surface area contributed by atoms with Gasteiger partial charge in [0.15, 0.2) is 5.82 Å². The van der Waals surface area contributed by atoms with E-state index in [1.165, 1.54) is 0 Å². The van der Waals surface area contributed by atoms with Gasteiger partial charge >= 0.3 is 0 Å². The van der Waals surface area contributed by atoms with Crippen LogP contribution in [0.2, 0.25) is 0 Å². The SMILES string of the molecule is CCc1noc(CN(C)C(=O)c2csc(C)c2-c2ccccc2)n1. The van der Waals surface area contributed by atoms with Crippen molar-refractivity contribution >= 4 is 17.2 Å². The number of rotatable bonds is 5. The van der Waals surface area contributed by atoms with Crippen LogP contribution in [-0.4, -0.2) is 28.0 Å². The van der Waals surface area contributed by atoms with Gasteiger partial charge in [0.25, 0.3) is 5.91 Å². The molecule has 0 unspecified atom stereocenters. The van der Waals surface area contributed by atoms with E-state index in [9.17, 15) is 4.79 Å². The zero-order valence-corrected chi connectivity index (χ0v) is 14.8. The van der Waals surface area contributed by atoms with E-state index in [-0.39, 0.29) is 5.91 Å². The molecule has 0 fully saturated rings. The van der Waals surface area contributed by atoms with Crippen molar-refractivity contribution in [3.8, 4) is 11.1 Å². The van der Waals surface area contributed by atoms with Gasteiger partial charge in [-0.2, -0.15) is 4.98 Å². The number of thiophene rings is 1. The first kappa shape index (κ1) is 16.4. The van der Waals surface area contributed by atoms with Crippen molar-refractivity contribution in [3.05, 3.63) is 57.9 Å². The van der Waals surface area contributed by atoms with Crippen molar-refractivity contribution in [1.82, 2.24) is 15.0 Å². The zero-order chi connectivity index (χ0) is 17.1. The summed E-state index contributed by atoms with van der Waals surface area (Å²) in [5, 5.41) is 5.79. The lowest BCUT2D eigenvalue weighted by Gasteiger charge is -2.15. The second kappa shape index (κ2) is 6.97. The highest BCUT2D eigenvalue weighted by Gasteiger charge is 2.21. The van der Waals surface area contributed by atoms with Gasteiger partial charge in [-0.05, 0) is 12.5 Å². The van der Waals surface area contributed by atoms with Gasteiger partial charge in [0.2, 0.25) is 5.89 Å². The summed E-state index contributed by atoms with van der Waals surface area (Å²) >= 11 is 1.59. The molecule has 0 aliphatic rings. The first-order valence-corrected chi connectivity index (χ1v) is 8.68. The second-order valence-electron chi connectivity index (χ2n) is 5.57. The van der Waals surface area contributed by atoms with Crippen molar-refractivity contribution in [3.63, 3.8) is 0 Å². The molecule has 2 aromatic heterocycles. The molecule has 0 saturated carbocycles. The summed E-state index contributed by atoms with van der Waals surface area (Å²) in [6.45, 7) is 4.30. The molecular weight excluding hydrogens is 322 g/mol. The van der Waals surface area contributed by atoms with E-state index in [0.717, 1.165) is 16.0 Å². The van der Waals surface area contributed by atoms with E-state index < -0.39 is 0 Å². The lowest BCUT2D eigenvalue weighted by atomic mass is 10.0. The molecule has 0 atom stereocenters. The standard InChI is InChI=1S/C18H19N3O2S/c1-4-15-19-16(23-20-15)10-21(3)18(22)14-11-24-12(2)17(14)13-8-6-5-7-9-13/h5-9,11H,4,10H2,1-3H3. The van der Waals surface area contributed by atoms with Crippen LogP contribution in [0.15, 0.2) is 40.2 Å². The summed E-state index contributed by atoms with van der Waals surface area (Å²) in [6, 6.07) is 9.98. The number of nitrogens with zero attached hydrogens (tertiary/aromatic N) is 3. The number of aromatic nitrogens is 2.